The summed E-state index contributed by atoms with van der Waals surface area (Å²) in [7, 11) is 1.55. The monoisotopic (exact) mass is 265 g/mol. The van der Waals surface area contributed by atoms with E-state index in [0.717, 1.165) is 31.7 Å². The van der Waals surface area contributed by atoms with Crippen LogP contribution < -0.4 is 20.7 Å². The molecule has 1 aliphatic heterocycles. The minimum atomic E-state index is 0.0198. The second-order valence-corrected chi connectivity index (χ2v) is 4.59. The molecule has 0 aliphatic carbocycles. The molecule has 1 fully saturated rings. The maximum atomic E-state index is 11.0. The molecule has 1 amide bonds. The molecule has 2 heterocycles. The fraction of sp³-hybridized carbons (Fsp3) is 0.583. The van der Waals surface area contributed by atoms with E-state index in [1.165, 1.54) is 0 Å². The molecule has 2 rings (SSSR count). The number of anilines is 2. The van der Waals surface area contributed by atoms with Crippen LogP contribution in [0.5, 0.6) is 5.88 Å². The molecule has 1 aliphatic rings. The normalized spacial score (nSPS) is 16.2. The van der Waals surface area contributed by atoms with Gasteiger partial charge >= 0.3 is 0 Å². The van der Waals surface area contributed by atoms with E-state index < -0.39 is 0 Å². The molecule has 0 aromatic carbocycles. The highest BCUT2D eigenvalue weighted by molar-refractivity contribution is 5.73. The Labute approximate surface area is 112 Å². The number of hydrogen-bond donors (Lipinski definition) is 2. The van der Waals surface area contributed by atoms with Gasteiger partial charge in [-0.05, 0) is 12.8 Å². The number of nitrogens with two attached hydrogens (primary N) is 1. The molecule has 7 heteroatoms. The Bertz CT molecular complexity index is 457. The molecule has 0 radical (unpaired) electrons. The minimum absolute atomic E-state index is 0.0198. The van der Waals surface area contributed by atoms with Crippen LogP contribution in [-0.2, 0) is 4.79 Å². The van der Waals surface area contributed by atoms with Crippen molar-refractivity contribution in [2.45, 2.75) is 25.8 Å². The van der Waals surface area contributed by atoms with Crippen LogP contribution in [-0.4, -0.2) is 42.1 Å². The van der Waals surface area contributed by atoms with Crippen LogP contribution in [0, 0.1) is 0 Å². The number of carbonyl (C=O) groups is 1. The van der Waals surface area contributed by atoms with Crippen molar-refractivity contribution < 1.29 is 9.53 Å². The van der Waals surface area contributed by atoms with E-state index in [9.17, 15) is 4.79 Å². The standard InChI is InChI=1S/C12H19N5O2/c1-8(18)14-9-3-5-17(6-4-9)10-7-11(19-2)16-12(13)15-10/h7,9H,3-6H2,1-2H3,(H,14,18)(H2,13,15,16). The predicted octanol–water partition coefficient (Wildman–Crippen LogP) is 0.172. The van der Waals surface area contributed by atoms with Gasteiger partial charge in [-0.2, -0.15) is 9.97 Å². The topological polar surface area (TPSA) is 93.4 Å². The third kappa shape index (κ3) is 3.46. The van der Waals surface area contributed by atoms with Crippen LogP contribution in [0.2, 0.25) is 0 Å². The number of nitrogens with one attached hydrogen (secondary N) is 1. The number of carbonyl (C=O) groups excluding carboxylic acids is 1. The molecule has 0 spiro atoms. The quantitative estimate of drug-likeness (QED) is 0.809. The third-order valence-corrected chi connectivity index (χ3v) is 3.14. The summed E-state index contributed by atoms with van der Waals surface area (Å²) in [6.07, 6.45) is 1.79. The van der Waals surface area contributed by atoms with E-state index in [0.29, 0.717) is 5.88 Å². The number of nitrogens with zero attached hydrogens (tertiary/aromatic N) is 3. The van der Waals surface area contributed by atoms with Gasteiger partial charge in [0, 0.05) is 32.1 Å². The molecule has 0 saturated carbocycles. The molecule has 1 saturated heterocycles. The van der Waals surface area contributed by atoms with Crippen LogP contribution in [0.15, 0.2) is 6.07 Å². The maximum absolute atomic E-state index is 11.0. The average molecular weight is 265 g/mol. The summed E-state index contributed by atoms with van der Waals surface area (Å²) in [5, 5.41) is 2.94. The van der Waals surface area contributed by atoms with Gasteiger partial charge in [0.15, 0.2) is 0 Å². The summed E-state index contributed by atoms with van der Waals surface area (Å²) in [6, 6.07) is 2.02. The zero-order valence-electron chi connectivity index (χ0n) is 11.2. The zero-order valence-corrected chi connectivity index (χ0v) is 11.2. The van der Waals surface area contributed by atoms with Gasteiger partial charge in [-0.25, -0.2) is 0 Å². The van der Waals surface area contributed by atoms with Crippen molar-refractivity contribution in [2.24, 2.45) is 0 Å². The van der Waals surface area contributed by atoms with E-state index in [1.54, 1.807) is 20.1 Å². The van der Waals surface area contributed by atoms with Crippen molar-refractivity contribution in [2.75, 3.05) is 30.8 Å². The molecule has 3 N–H and O–H groups in total. The maximum Gasteiger partial charge on any atom is 0.225 e. The summed E-state index contributed by atoms with van der Waals surface area (Å²) in [5.41, 5.74) is 5.65. The van der Waals surface area contributed by atoms with Gasteiger partial charge in [-0.3, -0.25) is 4.79 Å². The number of aromatic nitrogens is 2. The number of amides is 1. The van der Waals surface area contributed by atoms with E-state index >= 15 is 0 Å². The zero-order chi connectivity index (χ0) is 13.8. The molecular weight excluding hydrogens is 246 g/mol. The highest BCUT2D eigenvalue weighted by Gasteiger charge is 2.21. The molecular formula is C12H19N5O2. The van der Waals surface area contributed by atoms with E-state index in [4.69, 9.17) is 10.5 Å². The van der Waals surface area contributed by atoms with Gasteiger partial charge in [0.25, 0.3) is 0 Å². The number of rotatable bonds is 3. The Morgan fingerprint density at radius 3 is 2.74 bits per heavy atom. The summed E-state index contributed by atoms with van der Waals surface area (Å²) < 4.78 is 5.09. The minimum Gasteiger partial charge on any atom is -0.481 e. The Morgan fingerprint density at radius 2 is 2.16 bits per heavy atom. The van der Waals surface area contributed by atoms with Crippen LogP contribution in [0.4, 0.5) is 11.8 Å². The molecule has 104 valence electrons. The van der Waals surface area contributed by atoms with Gasteiger partial charge in [0.1, 0.15) is 5.82 Å². The number of methoxy groups -OCH3 is 1. The smallest absolute Gasteiger partial charge is 0.225 e. The number of hydrogen-bond acceptors (Lipinski definition) is 6. The van der Waals surface area contributed by atoms with Crippen molar-refractivity contribution in [1.29, 1.82) is 0 Å². The number of nitrogen functional groups attached to an aromatic ring is 1. The van der Waals surface area contributed by atoms with Gasteiger partial charge in [-0.1, -0.05) is 0 Å². The molecule has 19 heavy (non-hydrogen) atoms. The fourth-order valence-electron chi connectivity index (χ4n) is 2.24. The molecule has 0 atom stereocenters. The second-order valence-electron chi connectivity index (χ2n) is 4.59. The van der Waals surface area contributed by atoms with Gasteiger partial charge < -0.3 is 20.7 Å². The lowest BCUT2D eigenvalue weighted by Gasteiger charge is -2.33. The lowest BCUT2D eigenvalue weighted by molar-refractivity contribution is -0.119. The molecule has 1 aromatic rings. The summed E-state index contributed by atoms with van der Waals surface area (Å²) in [6.45, 7) is 3.19. The van der Waals surface area contributed by atoms with Crippen molar-refractivity contribution in [3.8, 4) is 5.88 Å². The van der Waals surface area contributed by atoms with E-state index in [1.807, 2.05) is 0 Å². The first kappa shape index (κ1) is 13.4. The molecule has 1 aromatic heterocycles. The van der Waals surface area contributed by atoms with Crippen molar-refractivity contribution in [3.63, 3.8) is 0 Å². The second kappa shape index (κ2) is 5.73. The average Bonchev–Trinajstić information content (AvgIpc) is 2.38. The van der Waals surface area contributed by atoms with Crippen LogP contribution in [0.1, 0.15) is 19.8 Å². The first-order valence-corrected chi connectivity index (χ1v) is 6.29. The Hall–Kier alpha value is -2.05. The molecule has 0 bridgehead atoms. The third-order valence-electron chi connectivity index (χ3n) is 3.14. The largest absolute Gasteiger partial charge is 0.481 e. The van der Waals surface area contributed by atoms with Crippen LogP contribution >= 0.6 is 0 Å². The lowest BCUT2D eigenvalue weighted by Crippen LogP contribution is -2.44. The van der Waals surface area contributed by atoms with E-state index in [2.05, 4.69) is 20.2 Å². The lowest BCUT2D eigenvalue weighted by atomic mass is 10.1. The Balaban J connectivity index is 2.01. The Kier molecular flexibility index (Phi) is 4.03. The Morgan fingerprint density at radius 1 is 1.47 bits per heavy atom. The summed E-state index contributed by atoms with van der Waals surface area (Å²) in [5.74, 6) is 1.46. The highest BCUT2D eigenvalue weighted by atomic mass is 16.5. The first-order valence-electron chi connectivity index (χ1n) is 6.29. The van der Waals surface area contributed by atoms with Crippen molar-refractivity contribution in [3.05, 3.63) is 6.07 Å². The van der Waals surface area contributed by atoms with Gasteiger partial charge in [0.2, 0.25) is 17.7 Å². The highest BCUT2D eigenvalue weighted by Crippen LogP contribution is 2.22. The summed E-state index contributed by atoms with van der Waals surface area (Å²) in [4.78, 5) is 21.3. The van der Waals surface area contributed by atoms with Crippen molar-refractivity contribution >= 4 is 17.7 Å². The number of piperidine rings is 1. The fourth-order valence-corrected chi connectivity index (χ4v) is 2.24. The van der Waals surface area contributed by atoms with E-state index in [-0.39, 0.29) is 17.9 Å². The predicted molar refractivity (Wildman–Crippen MR) is 72.0 cm³/mol. The van der Waals surface area contributed by atoms with Gasteiger partial charge in [-0.15, -0.1) is 0 Å². The SMILES string of the molecule is COc1cc(N2CCC(NC(C)=O)CC2)nc(N)n1. The van der Waals surface area contributed by atoms with Crippen LogP contribution in [0.25, 0.3) is 0 Å². The first-order chi connectivity index (χ1) is 9.08. The van der Waals surface area contributed by atoms with Crippen LogP contribution in [0.3, 0.4) is 0 Å². The number of ether oxygens (including phenoxy) is 1. The van der Waals surface area contributed by atoms with Crippen molar-refractivity contribution in [1.82, 2.24) is 15.3 Å². The molecule has 7 nitrogen and oxygen atoms in total. The summed E-state index contributed by atoms with van der Waals surface area (Å²) >= 11 is 0. The molecule has 0 unspecified atom stereocenters. The van der Waals surface area contributed by atoms with Gasteiger partial charge in [0.05, 0.1) is 7.11 Å².